The number of aliphatic hydroxyl groups excluding tert-OH is 1. The number of β-amino-alcohol motifs (C(OH)–C–C–N with tert-alkyl or cyclic N) is 1. The fourth-order valence-electron chi connectivity index (χ4n) is 2.99. The number of hydrogen-bond acceptors (Lipinski definition) is 3. The van der Waals surface area contributed by atoms with Crippen LogP contribution in [0.25, 0.3) is 0 Å². The molecule has 1 aromatic rings. The summed E-state index contributed by atoms with van der Waals surface area (Å²) < 4.78 is 0. The van der Waals surface area contributed by atoms with Gasteiger partial charge in [0.2, 0.25) is 0 Å². The second kappa shape index (κ2) is 7.65. The number of nitrogens with one attached hydrogen (secondary N) is 1. The molecule has 0 bridgehead atoms. The first-order chi connectivity index (χ1) is 9.66. The number of benzene rings is 1. The lowest BCUT2D eigenvalue weighted by Crippen LogP contribution is -2.36. The summed E-state index contributed by atoms with van der Waals surface area (Å²) in [6, 6.07) is 6.29. The molecule has 0 spiro atoms. The minimum Gasteiger partial charge on any atom is -0.390 e. The van der Waals surface area contributed by atoms with Crippen LogP contribution in [0.5, 0.6) is 0 Å². The van der Waals surface area contributed by atoms with Crippen LogP contribution in [-0.2, 0) is 0 Å². The number of likely N-dealkylation sites (tertiary alicyclic amines) is 1. The lowest BCUT2D eigenvalue weighted by atomic mass is 10.1. The average molecular weight is 276 g/mol. The number of para-hydroxylation sites is 1. The van der Waals surface area contributed by atoms with Gasteiger partial charge in [-0.1, -0.05) is 31.0 Å². The second-order valence-electron chi connectivity index (χ2n) is 6.02. The van der Waals surface area contributed by atoms with Crippen molar-refractivity contribution in [2.45, 2.75) is 45.6 Å². The molecular formula is C17H28N2O. The molecule has 1 aliphatic rings. The van der Waals surface area contributed by atoms with Gasteiger partial charge in [-0.2, -0.15) is 0 Å². The Morgan fingerprint density at radius 2 is 1.70 bits per heavy atom. The molecule has 1 saturated heterocycles. The summed E-state index contributed by atoms with van der Waals surface area (Å²) in [5.74, 6) is 0. The first kappa shape index (κ1) is 15.3. The second-order valence-corrected chi connectivity index (χ2v) is 6.02. The van der Waals surface area contributed by atoms with Gasteiger partial charge in [0.05, 0.1) is 6.10 Å². The van der Waals surface area contributed by atoms with Crippen molar-refractivity contribution in [2.75, 3.05) is 31.5 Å². The Balaban J connectivity index is 1.81. The Morgan fingerprint density at radius 3 is 2.30 bits per heavy atom. The predicted molar refractivity (Wildman–Crippen MR) is 85.3 cm³/mol. The van der Waals surface area contributed by atoms with E-state index in [1.807, 2.05) is 0 Å². The zero-order chi connectivity index (χ0) is 14.4. The largest absolute Gasteiger partial charge is 0.390 e. The zero-order valence-electron chi connectivity index (χ0n) is 12.9. The van der Waals surface area contributed by atoms with Gasteiger partial charge >= 0.3 is 0 Å². The summed E-state index contributed by atoms with van der Waals surface area (Å²) in [7, 11) is 0. The van der Waals surface area contributed by atoms with Crippen molar-refractivity contribution in [3.8, 4) is 0 Å². The fourth-order valence-corrected chi connectivity index (χ4v) is 2.99. The summed E-state index contributed by atoms with van der Waals surface area (Å²) in [4.78, 5) is 2.41. The van der Waals surface area contributed by atoms with Gasteiger partial charge in [-0.25, -0.2) is 0 Å². The van der Waals surface area contributed by atoms with Gasteiger partial charge in [0.15, 0.2) is 0 Å². The van der Waals surface area contributed by atoms with Crippen LogP contribution in [-0.4, -0.2) is 42.3 Å². The van der Waals surface area contributed by atoms with Crippen molar-refractivity contribution >= 4 is 5.69 Å². The van der Waals surface area contributed by atoms with Crippen molar-refractivity contribution in [2.24, 2.45) is 0 Å². The molecule has 0 aliphatic carbocycles. The van der Waals surface area contributed by atoms with E-state index in [0.29, 0.717) is 6.54 Å². The van der Waals surface area contributed by atoms with E-state index in [-0.39, 0.29) is 6.10 Å². The quantitative estimate of drug-likeness (QED) is 0.868. The standard InChI is InChI=1S/C17H28N2O/c1-14-8-7-9-15(2)17(14)18-12-16(20)13-19-10-5-3-4-6-11-19/h7-9,16,18,20H,3-6,10-13H2,1-2H3. The average Bonchev–Trinajstić information content (AvgIpc) is 2.67. The molecule has 1 unspecified atom stereocenters. The van der Waals surface area contributed by atoms with E-state index in [0.717, 1.165) is 19.6 Å². The van der Waals surface area contributed by atoms with Crippen LogP contribution in [0.3, 0.4) is 0 Å². The van der Waals surface area contributed by atoms with E-state index in [1.54, 1.807) is 0 Å². The molecule has 3 heteroatoms. The molecule has 112 valence electrons. The smallest absolute Gasteiger partial charge is 0.0839 e. The van der Waals surface area contributed by atoms with Crippen molar-refractivity contribution < 1.29 is 5.11 Å². The van der Waals surface area contributed by atoms with Crippen molar-refractivity contribution in [1.29, 1.82) is 0 Å². The van der Waals surface area contributed by atoms with E-state index < -0.39 is 0 Å². The van der Waals surface area contributed by atoms with Crippen molar-refractivity contribution in [3.63, 3.8) is 0 Å². The number of nitrogens with zero attached hydrogens (tertiary/aromatic N) is 1. The Bertz CT molecular complexity index is 391. The van der Waals surface area contributed by atoms with Gasteiger partial charge < -0.3 is 15.3 Å². The molecular weight excluding hydrogens is 248 g/mol. The molecule has 0 amide bonds. The highest BCUT2D eigenvalue weighted by molar-refractivity contribution is 5.56. The lowest BCUT2D eigenvalue weighted by Gasteiger charge is -2.24. The lowest BCUT2D eigenvalue weighted by molar-refractivity contribution is 0.124. The van der Waals surface area contributed by atoms with Gasteiger partial charge in [0, 0.05) is 18.8 Å². The Kier molecular flexibility index (Phi) is 5.86. The number of anilines is 1. The third kappa shape index (κ3) is 4.50. The van der Waals surface area contributed by atoms with E-state index >= 15 is 0 Å². The van der Waals surface area contributed by atoms with Crippen LogP contribution >= 0.6 is 0 Å². The van der Waals surface area contributed by atoms with Crippen LogP contribution in [0.15, 0.2) is 18.2 Å². The summed E-state index contributed by atoms with van der Waals surface area (Å²) in [5.41, 5.74) is 3.65. The summed E-state index contributed by atoms with van der Waals surface area (Å²) in [6.45, 7) is 7.91. The van der Waals surface area contributed by atoms with E-state index in [2.05, 4.69) is 42.3 Å². The van der Waals surface area contributed by atoms with Gasteiger partial charge in [0.1, 0.15) is 0 Å². The van der Waals surface area contributed by atoms with E-state index in [1.165, 1.54) is 42.5 Å². The molecule has 1 atom stereocenters. The number of hydrogen-bond donors (Lipinski definition) is 2. The minimum absolute atomic E-state index is 0.299. The third-order valence-electron chi connectivity index (χ3n) is 4.16. The topological polar surface area (TPSA) is 35.5 Å². The number of aliphatic hydroxyl groups is 1. The highest BCUT2D eigenvalue weighted by Crippen LogP contribution is 2.19. The SMILES string of the molecule is Cc1cccc(C)c1NCC(O)CN1CCCCCC1. The van der Waals surface area contributed by atoms with E-state index in [9.17, 15) is 5.11 Å². The maximum Gasteiger partial charge on any atom is 0.0839 e. The molecule has 0 radical (unpaired) electrons. The normalized spacial score (nSPS) is 18.6. The molecule has 0 saturated carbocycles. The molecule has 1 aromatic carbocycles. The molecule has 20 heavy (non-hydrogen) atoms. The van der Waals surface area contributed by atoms with Crippen LogP contribution < -0.4 is 5.32 Å². The third-order valence-corrected chi connectivity index (χ3v) is 4.16. The first-order valence-corrected chi connectivity index (χ1v) is 7.87. The predicted octanol–water partition coefficient (Wildman–Crippen LogP) is 2.95. The molecule has 2 rings (SSSR count). The van der Waals surface area contributed by atoms with Crippen LogP contribution in [0.4, 0.5) is 5.69 Å². The van der Waals surface area contributed by atoms with Gasteiger partial charge in [-0.05, 0) is 50.9 Å². The van der Waals surface area contributed by atoms with E-state index in [4.69, 9.17) is 0 Å². The van der Waals surface area contributed by atoms with Crippen LogP contribution in [0, 0.1) is 13.8 Å². The van der Waals surface area contributed by atoms with Gasteiger partial charge in [0.25, 0.3) is 0 Å². The monoisotopic (exact) mass is 276 g/mol. The Hall–Kier alpha value is -1.06. The minimum atomic E-state index is -0.299. The maximum absolute atomic E-state index is 10.2. The number of aryl methyl sites for hydroxylation is 2. The van der Waals surface area contributed by atoms with Crippen LogP contribution in [0.1, 0.15) is 36.8 Å². The summed E-state index contributed by atoms with van der Waals surface area (Å²) >= 11 is 0. The highest BCUT2D eigenvalue weighted by Gasteiger charge is 2.14. The van der Waals surface area contributed by atoms with Gasteiger partial charge in [-0.15, -0.1) is 0 Å². The Morgan fingerprint density at radius 1 is 1.10 bits per heavy atom. The molecule has 2 N–H and O–H groups in total. The number of rotatable bonds is 5. The first-order valence-electron chi connectivity index (χ1n) is 7.87. The Labute approximate surface area is 123 Å². The van der Waals surface area contributed by atoms with Crippen molar-refractivity contribution in [1.82, 2.24) is 4.90 Å². The molecule has 1 heterocycles. The summed E-state index contributed by atoms with van der Waals surface area (Å²) in [6.07, 6.45) is 4.93. The van der Waals surface area contributed by atoms with Gasteiger partial charge in [-0.3, -0.25) is 0 Å². The van der Waals surface area contributed by atoms with Crippen LogP contribution in [0.2, 0.25) is 0 Å². The highest BCUT2D eigenvalue weighted by atomic mass is 16.3. The molecule has 3 nitrogen and oxygen atoms in total. The zero-order valence-corrected chi connectivity index (χ0v) is 12.9. The molecule has 1 aliphatic heterocycles. The summed E-state index contributed by atoms with van der Waals surface area (Å²) in [5, 5.41) is 13.6. The molecule has 0 aromatic heterocycles. The maximum atomic E-state index is 10.2. The van der Waals surface area contributed by atoms with Crippen molar-refractivity contribution in [3.05, 3.63) is 29.3 Å². The fraction of sp³-hybridized carbons (Fsp3) is 0.647. The molecule has 1 fully saturated rings.